The maximum Gasteiger partial charge on any atom is 0.187 e. The average Bonchev–Trinajstić information content (AvgIpc) is 3.70. The highest BCUT2D eigenvalue weighted by atomic mass is 16.5. The van der Waals surface area contributed by atoms with Gasteiger partial charge in [0.05, 0.1) is 30.4 Å². The quantitative estimate of drug-likeness (QED) is 0.228. The highest BCUT2D eigenvalue weighted by molar-refractivity contribution is 6.09. The Labute approximate surface area is 288 Å². The van der Waals surface area contributed by atoms with Gasteiger partial charge < -0.3 is 30.3 Å². The van der Waals surface area contributed by atoms with E-state index in [2.05, 4.69) is 47.2 Å². The van der Waals surface area contributed by atoms with Crippen LogP contribution in [0.3, 0.4) is 0 Å². The number of carbonyl (C=O) groups excluding carboxylic acids is 1. The third-order valence-electron chi connectivity index (χ3n) is 10.1. The van der Waals surface area contributed by atoms with E-state index in [4.69, 9.17) is 20.2 Å². The molecule has 254 valence electrons. The van der Waals surface area contributed by atoms with Gasteiger partial charge in [-0.25, -0.2) is 0 Å². The van der Waals surface area contributed by atoms with Gasteiger partial charge in [-0.05, 0) is 64.8 Å². The van der Waals surface area contributed by atoms with Crippen LogP contribution in [0.5, 0.6) is 11.5 Å². The molecule has 2 bridgehead atoms. The normalized spacial score (nSPS) is 23.8. The van der Waals surface area contributed by atoms with Crippen LogP contribution in [0.25, 0.3) is 0 Å². The van der Waals surface area contributed by atoms with Crippen LogP contribution in [0.4, 0.5) is 0 Å². The second-order valence-corrected chi connectivity index (χ2v) is 13.6. The largest absolute Gasteiger partial charge is 0.465 e. The van der Waals surface area contributed by atoms with Gasteiger partial charge in [0.1, 0.15) is 18.0 Å². The van der Waals surface area contributed by atoms with E-state index in [0.717, 1.165) is 71.3 Å². The first kappa shape index (κ1) is 33.1. The Morgan fingerprint density at radius 3 is 2.92 bits per heavy atom. The van der Waals surface area contributed by atoms with Gasteiger partial charge in [0.25, 0.3) is 0 Å². The third-order valence-corrected chi connectivity index (χ3v) is 10.1. The van der Waals surface area contributed by atoms with E-state index in [9.17, 15) is 15.0 Å². The smallest absolute Gasteiger partial charge is 0.187 e. The van der Waals surface area contributed by atoms with Crippen LogP contribution < -0.4 is 20.5 Å². The summed E-state index contributed by atoms with van der Waals surface area (Å²) >= 11 is 0. The van der Waals surface area contributed by atoms with Crippen molar-refractivity contribution in [3.05, 3.63) is 81.7 Å². The van der Waals surface area contributed by atoms with Gasteiger partial charge in [-0.15, -0.1) is 0 Å². The van der Waals surface area contributed by atoms with Crippen molar-refractivity contribution in [2.75, 3.05) is 13.1 Å². The molecule has 2 aromatic carbocycles. The number of carbonyl (C=O) groups is 1. The maximum atomic E-state index is 12.7. The minimum Gasteiger partial charge on any atom is -0.465 e. The molecule has 5 N–H and O–H groups in total. The summed E-state index contributed by atoms with van der Waals surface area (Å²) in [7, 11) is 0. The van der Waals surface area contributed by atoms with Crippen molar-refractivity contribution in [3.8, 4) is 35.4 Å². The molecule has 5 aliphatic heterocycles. The lowest BCUT2D eigenvalue weighted by molar-refractivity contribution is -0.121. The Kier molecular flexibility index (Phi) is 9.89. The van der Waals surface area contributed by atoms with Gasteiger partial charge >= 0.3 is 0 Å². The number of hydrogen-bond acceptors (Lipinski definition) is 9. The van der Waals surface area contributed by atoms with Crippen molar-refractivity contribution in [1.82, 2.24) is 10.2 Å². The minimum absolute atomic E-state index is 0.0465. The predicted molar refractivity (Wildman–Crippen MR) is 187 cm³/mol. The van der Waals surface area contributed by atoms with Crippen molar-refractivity contribution in [3.63, 3.8) is 0 Å². The van der Waals surface area contributed by atoms with Gasteiger partial charge in [0.2, 0.25) is 0 Å². The summed E-state index contributed by atoms with van der Waals surface area (Å²) in [4.78, 5) is 19.6. The number of Topliss-reactive ketones (excluding diaryl/α,β-unsaturated/α-hetero) is 1. The van der Waals surface area contributed by atoms with Crippen molar-refractivity contribution < 1.29 is 24.5 Å². The molecule has 2 aromatic rings. The van der Waals surface area contributed by atoms with E-state index in [0.29, 0.717) is 50.1 Å². The average molecular weight is 661 g/mol. The number of aliphatic imine (C=N–C) groups is 1. The second-order valence-electron chi connectivity index (χ2n) is 13.6. The highest BCUT2D eigenvalue weighted by Gasteiger charge is 2.37. The molecule has 0 fully saturated rings. The monoisotopic (exact) mass is 660 g/mol. The Hall–Kier alpha value is -4.38. The first-order chi connectivity index (χ1) is 23.9. The van der Waals surface area contributed by atoms with Gasteiger partial charge in [-0.3, -0.25) is 15.1 Å². The molecule has 49 heavy (non-hydrogen) atoms. The van der Waals surface area contributed by atoms with E-state index in [1.807, 2.05) is 36.5 Å². The lowest BCUT2D eigenvalue weighted by Gasteiger charge is -2.32. The molecule has 0 spiro atoms. The van der Waals surface area contributed by atoms with Crippen LogP contribution in [-0.4, -0.2) is 52.0 Å². The Morgan fingerprint density at radius 1 is 1.16 bits per heavy atom. The molecular weight excluding hydrogens is 616 g/mol. The number of hydrogen-bond donors (Lipinski definition) is 4. The van der Waals surface area contributed by atoms with Crippen LogP contribution in [0.1, 0.15) is 92.0 Å². The standard InChI is InChI=1S/C40H44N4O5/c1-2-3-4-7-28(45)21-29(46)11-8-25-9-15-37-38(19-25)49-40-26(6-5-18-48-37)10-14-36(47)31-12-13-32-30(16-17-42-39(32)41)33(31)20-27-22-43-35-24-44(40)23-34(27)35/h9,12-13,15,19,22-23,26,28,36,39-40,42,45,47H,2-4,6-8,11,16-17,20-21,24,41H2,1H3/t26-,28+,36-,39+,40-/m0/s1. The molecule has 5 aliphatic rings. The van der Waals surface area contributed by atoms with Gasteiger partial charge in [0.15, 0.2) is 17.7 Å². The van der Waals surface area contributed by atoms with Crippen LogP contribution in [0, 0.1) is 29.8 Å². The number of fused-ring (bicyclic) bond motifs is 7. The molecule has 0 aromatic heterocycles. The molecular formula is C40H44N4O5. The molecule has 9 nitrogen and oxygen atoms in total. The Morgan fingerprint density at radius 2 is 2.04 bits per heavy atom. The van der Waals surface area contributed by atoms with E-state index in [1.165, 1.54) is 5.56 Å². The summed E-state index contributed by atoms with van der Waals surface area (Å²) in [5, 5.41) is 25.2. The van der Waals surface area contributed by atoms with Crippen LogP contribution >= 0.6 is 0 Å². The number of rotatable bonds is 9. The predicted octanol–water partition coefficient (Wildman–Crippen LogP) is 4.52. The van der Waals surface area contributed by atoms with Gasteiger partial charge in [-0.2, -0.15) is 0 Å². The summed E-state index contributed by atoms with van der Waals surface area (Å²) in [6.07, 6.45) is 11.1. The number of nitrogens with zero attached hydrogens (tertiary/aromatic N) is 2. The fourth-order valence-corrected chi connectivity index (χ4v) is 7.39. The van der Waals surface area contributed by atoms with Gasteiger partial charge in [-0.1, -0.05) is 62.1 Å². The van der Waals surface area contributed by atoms with Crippen molar-refractivity contribution in [1.29, 1.82) is 0 Å². The van der Waals surface area contributed by atoms with E-state index in [-0.39, 0.29) is 18.4 Å². The van der Waals surface area contributed by atoms with E-state index >= 15 is 0 Å². The highest BCUT2D eigenvalue weighted by Crippen LogP contribution is 2.38. The molecule has 5 atom stereocenters. The second kappa shape index (κ2) is 14.6. The molecule has 5 heterocycles. The maximum absolute atomic E-state index is 12.7. The van der Waals surface area contributed by atoms with E-state index in [1.54, 1.807) is 0 Å². The summed E-state index contributed by atoms with van der Waals surface area (Å²) in [5.41, 5.74) is 14.6. The zero-order chi connectivity index (χ0) is 33.9. The molecule has 0 saturated carbocycles. The fourth-order valence-electron chi connectivity index (χ4n) is 7.39. The molecule has 0 aliphatic carbocycles. The van der Waals surface area contributed by atoms with Crippen molar-refractivity contribution in [2.45, 2.75) is 95.7 Å². The van der Waals surface area contributed by atoms with Crippen LogP contribution in [0.2, 0.25) is 0 Å². The fraction of sp³-hybridized carbons (Fsp3) is 0.450. The molecule has 0 radical (unpaired) electrons. The first-order valence-electron chi connectivity index (χ1n) is 17.6. The topological polar surface area (TPSA) is 130 Å². The number of ketones is 1. The van der Waals surface area contributed by atoms with Gasteiger partial charge in [0, 0.05) is 50.2 Å². The molecule has 0 unspecified atom stereocenters. The summed E-state index contributed by atoms with van der Waals surface area (Å²) in [6.45, 7) is 3.44. The summed E-state index contributed by atoms with van der Waals surface area (Å²) in [5.74, 6) is 10.3. The minimum atomic E-state index is -1.01. The SMILES string of the molecule is CCCCC[C@@H](O)CC(=O)CCc1ccc2c(c1)O[C@H]1[C@H](C#C[C@H](O)c3ccc4c(c3CC3=CN=C5CN1C=C35)CCN[C@H]4N)CC#CO2. The summed E-state index contributed by atoms with van der Waals surface area (Å²) < 4.78 is 12.6. The van der Waals surface area contributed by atoms with Crippen LogP contribution in [0.15, 0.2) is 58.9 Å². The number of aliphatic hydroxyl groups excluding tert-OH is 2. The lowest BCUT2D eigenvalue weighted by Crippen LogP contribution is -2.41. The molecule has 0 amide bonds. The number of nitrogens with two attached hydrogens (primary N) is 1. The number of aliphatic hydroxyl groups is 2. The third kappa shape index (κ3) is 7.18. The Balaban J connectivity index is 1.17. The number of unbranched alkanes of at least 4 members (excludes halogenated alkanes) is 2. The Bertz CT molecular complexity index is 1840. The molecule has 9 heteroatoms. The van der Waals surface area contributed by atoms with Crippen LogP contribution in [-0.2, 0) is 24.1 Å². The number of allylic oxidation sites excluding steroid dienone is 1. The zero-order valence-corrected chi connectivity index (χ0v) is 28.0. The number of ether oxygens (including phenoxy) is 2. The van der Waals surface area contributed by atoms with Crippen molar-refractivity contribution in [2.24, 2.45) is 16.6 Å². The van der Waals surface area contributed by atoms with Crippen molar-refractivity contribution >= 4 is 11.5 Å². The summed E-state index contributed by atoms with van der Waals surface area (Å²) in [6, 6.07) is 9.63. The zero-order valence-electron chi connectivity index (χ0n) is 28.0. The molecule has 0 saturated heterocycles. The number of nitrogens with one attached hydrogen (secondary N) is 1. The first-order valence-corrected chi connectivity index (χ1v) is 17.6. The lowest BCUT2D eigenvalue weighted by atomic mass is 9.84. The number of aryl methyl sites for hydroxylation is 1. The van der Waals surface area contributed by atoms with E-state index < -0.39 is 24.4 Å². The number of benzene rings is 2. The molecule has 7 rings (SSSR count).